The van der Waals surface area contributed by atoms with Crippen LogP contribution in [0.2, 0.25) is 0 Å². The van der Waals surface area contributed by atoms with Crippen LogP contribution in [0.25, 0.3) is 0 Å². The first-order valence-electron chi connectivity index (χ1n) is 6.80. The molecule has 2 heterocycles. The number of carbonyl (C=O) groups is 1. The molecule has 108 valence electrons. The Balaban J connectivity index is 2.05. The first-order chi connectivity index (χ1) is 9.65. The summed E-state index contributed by atoms with van der Waals surface area (Å²) < 4.78 is 1.87. The second-order valence-corrected chi connectivity index (χ2v) is 4.74. The van der Waals surface area contributed by atoms with Crippen molar-refractivity contribution in [3.05, 3.63) is 30.1 Å². The normalized spacial score (nSPS) is 11.0. The first kappa shape index (κ1) is 14.2. The molecule has 0 atom stereocenters. The molecule has 2 aromatic heterocycles. The minimum atomic E-state index is -0.119. The van der Waals surface area contributed by atoms with E-state index >= 15 is 0 Å². The van der Waals surface area contributed by atoms with E-state index in [0.29, 0.717) is 24.1 Å². The van der Waals surface area contributed by atoms with Crippen molar-refractivity contribution in [1.82, 2.24) is 29.9 Å². The van der Waals surface area contributed by atoms with Gasteiger partial charge in [0.05, 0.1) is 12.6 Å². The molecule has 7 heteroatoms. The van der Waals surface area contributed by atoms with E-state index in [-0.39, 0.29) is 5.91 Å². The fourth-order valence-electron chi connectivity index (χ4n) is 2.12. The van der Waals surface area contributed by atoms with Gasteiger partial charge in [0.2, 0.25) is 0 Å². The summed E-state index contributed by atoms with van der Waals surface area (Å²) in [6.07, 6.45) is 5.29. The van der Waals surface area contributed by atoms with Gasteiger partial charge in [-0.25, -0.2) is 4.98 Å². The number of nitrogens with zero attached hydrogens (tertiary/aromatic N) is 5. The Bertz CT molecular complexity index is 543. The second-order valence-electron chi connectivity index (χ2n) is 4.74. The largest absolute Gasteiger partial charge is 0.333 e. The van der Waals surface area contributed by atoms with Crippen molar-refractivity contribution in [3.8, 4) is 0 Å². The molecule has 0 saturated carbocycles. The molecule has 1 N–H and O–H groups in total. The molecule has 1 amide bonds. The number of aromatic nitrogens is 5. The van der Waals surface area contributed by atoms with Gasteiger partial charge in [0.1, 0.15) is 17.8 Å². The molecule has 0 aliphatic carbocycles. The number of H-pyrrole nitrogens is 1. The summed E-state index contributed by atoms with van der Waals surface area (Å²) in [7, 11) is 1.72. The van der Waals surface area contributed by atoms with E-state index in [1.165, 1.54) is 6.33 Å². The summed E-state index contributed by atoms with van der Waals surface area (Å²) in [4.78, 5) is 17.8. The second kappa shape index (κ2) is 6.31. The number of amides is 1. The van der Waals surface area contributed by atoms with Crippen molar-refractivity contribution in [3.63, 3.8) is 0 Å². The van der Waals surface area contributed by atoms with Crippen LogP contribution in [0.15, 0.2) is 18.6 Å². The number of nitrogens with one attached hydrogen (secondary N) is 1. The van der Waals surface area contributed by atoms with Crippen LogP contribution in [0.5, 0.6) is 0 Å². The van der Waals surface area contributed by atoms with E-state index in [0.717, 1.165) is 12.8 Å². The van der Waals surface area contributed by atoms with Gasteiger partial charge in [-0.1, -0.05) is 13.8 Å². The fourth-order valence-corrected chi connectivity index (χ4v) is 2.12. The van der Waals surface area contributed by atoms with Crippen molar-refractivity contribution in [2.24, 2.45) is 0 Å². The van der Waals surface area contributed by atoms with Gasteiger partial charge in [0.25, 0.3) is 5.91 Å². The lowest BCUT2D eigenvalue weighted by Crippen LogP contribution is -2.27. The van der Waals surface area contributed by atoms with Crippen molar-refractivity contribution >= 4 is 5.91 Å². The highest BCUT2D eigenvalue weighted by atomic mass is 16.2. The highest BCUT2D eigenvalue weighted by molar-refractivity contribution is 5.91. The van der Waals surface area contributed by atoms with Crippen LogP contribution >= 0.6 is 0 Å². The predicted octanol–water partition coefficient (Wildman–Crippen LogP) is 1.63. The summed E-state index contributed by atoms with van der Waals surface area (Å²) >= 11 is 0. The average Bonchev–Trinajstić information content (AvgIpc) is 3.11. The Hall–Kier alpha value is -2.18. The van der Waals surface area contributed by atoms with Crippen LogP contribution in [-0.4, -0.2) is 42.8 Å². The Morgan fingerprint density at radius 2 is 2.20 bits per heavy atom. The first-order valence-corrected chi connectivity index (χ1v) is 6.80. The topological polar surface area (TPSA) is 79.7 Å². The fraction of sp³-hybridized carbons (Fsp3) is 0.538. The van der Waals surface area contributed by atoms with Crippen LogP contribution in [0.4, 0.5) is 0 Å². The Kier molecular flexibility index (Phi) is 4.49. The van der Waals surface area contributed by atoms with E-state index in [2.05, 4.69) is 34.1 Å². The summed E-state index contributed by atoms with van der Waals surface area (Å²) in [5.74, 6) is 0.534. The highest BCUT2D eigenvalue weighted by Gasteiger charge is 2.17. The number of rotatable bonds is 6. The highest BCUT2D eigenvalue weighted by Crippen LogP contribution is 2.15. The van der Waals surface area contributed by atoms with Gasteiger partial charge in [0, 0.05) is 13.2 Å². The van der Waals surface area contributed by atoms with Crippen LogP contribution in [0.1, 0.15) is 49.0 Å². The molecule has 0 radical (unpaired) electrons. The molecule has 0 unspecified atom stereocenters. The maximum atomic E-state index is 12.3. The molecule has 0 bridgehead atoms. The molecule has 0 fully saturated rings. The standard InChI is InChI=1S/C13H20N6O/c1-4-10(5-2)19-7-6-11(17-19)13(20)18(3)8-12-14-9-15-16-12/h6-7,9-10H,4-5,8H2,1-3H3,(H,14,15,16). The minimum absolute atomic E-state index is 0.119. The van der Waals surface area contributed by atoms with Gasteiger partial charge < -0.3 is 4.90 Å². The van der Waals surface area contributed by atoms with Gasteiger partial charge in [-0.2, -0.15) is 10.2 Å². The number of hydrogen-bond donors (Lipinski definition) is 1. The van der Waals surface area contributed by atoms with Crippen molar-refractivity contribution < 1.29 is 4.79 Å². The third-order valence-electron chi connectivity index (χ3n) is 3.34. The lowest BCUT2D eigenvalue weighted by atomic mass is 10.2. The van der Waals surface area contributed by atoms with Gasteiger partial charge in [-0.3, -0.25) is 14.6 Å². The molecular formula is C13H20N6O. The number of aromatic amines is 1. The SMILES string of the molecule is CCC(CC)n1ccc(C(=O)N(C)Cc2ncn[nH]2)n1. The van der Waals surface area contributed by atoms with Crippen LogP contribution in [0, 0.1) is 0 Å². The van der Waals surface area contributed by atoms with Gasteiger partial charge in [-0.05, 0) is 18.9 Å². The van der Waals surface area contributed by atoms with Crippen molar-refractivity contribution in [2.45, 2.75) is 39.3 Å². The van der Waals surface area contributed by atoms with Crippen molar-refractivity contribution in [2.75, 3.05) is 7.05 Å². The van der Waals surface area contributed by atoms with Gasteiger partial charge in [-0.15, -0.1) is 0 Å². The molecular weight excluding hydrogens is 256 g/mol. The maximum absolute atomic E-state index is 12.3. The zero-order valence-electron chi connectivity index (χ0n) is 12.1. The zero-order valence-corrected chi connectivity index (χ0v) is 12.1. The summed E-state index contributed by atoms with van der Waals surface area (Å²) in [5, 5.41) is 10.9. The smallest absolute Gasteiger partial charge is 0.274 e. The van der Waals surface area contributed by atoms with E-state index in [1.54, 1.807) is 18.0 Å². The predicted molar refractivity (Wildman–Crippen MR) is 74.0 cm³/mol. The molecule has 0 aliphatic heterocycles. The summed E-state index contributed by atoms with van der Waals surface area (Å²) in [5.41, 5.74) is 0.457. The van der Waals surface area contributed by atoms with E-state index < -0.39 is 0 Å². The Morgan fingerprint density at radius 3 is 2.80 bits per heavy atom. The Labute approximate surface area is 118 Å². The third kappa shape index (κ3) is 3.04. The van der Waals surface area contributed by atoms with E-state index in [4.69, 9.17) is 0 Å². The molecule has 0 saturated heterocycles. The monoisotopic (exact) mass is 276 g/mol. The lowest BCUT2D eigenvalue weighted by Gasteiger charge is -2.15. The van der Waals surface area contributed by atoms with E-state index in [1.807, 2.05) is 10.9 Å². The molecule has 0 aliphatic rings. The molecule has 2 rings (SSSR count). The molecule has 0 spiro atoms. The minimum Gasteiger partial charge on any atom is -0.333 e. The molecule has 0 aromatic carbocycles. The number of carbonyl (C=O) groups excluding carboxylic acids is 1. The third-order valence-corrected chi connectivity index (χ3v) is 3.34. The average molecular weight is 276 g/mol. The van der Waals surface area contributed by atoms with Gasteiger partial charge in [0.15, 0.2) is 0 Å². The lowest BCUT2D eigenvalue weighted by molar-refractivity contribution is 0.0774. The summed E-state index contributed by atoms with van der Waals surface area (Å²) in [6, 6.07) is 2.11. The van der Waals surface area contributed by atoms with Crippen LogP contribution in [0.3, 0.4) is 0 Å². The van der Waals surface area contributed by atoms with E-state index in [9.17, 15) is 4.79 Å². The molecule has 7 nitrogen and oxygen atoms in total. The number of hydrogen-bond acceptors (Lipinski definition) is 4. The van der Waals surface area contributed by atoms with Crippen LogP contribution < -0.4 is 0 Å². The zero-order chi connectivity index (χ0) is 14.5. The Morgan fingerprint density at radius 1 is 1.45 bits per heavy atom. The summed E-state index contributed by atoms with van der Waals surface area (Å²) in [6.45, 7) is 4.62. The molecule has 20 heavy (non-hydrogen) atoms. The van der Waals surface area contributed by atoms with Crippen molar-refractivity contribution in [1.29, 1.82) is 0 Å². The van der Waals surface area contributed by atoms with Gasteiger partial charge >= 0.3 is 0 Å². The molecule has 2 aromatic rings. The quantitative estimate of drug-likeness (QED) is 0.869. The maximum Gasteiger partial charge on any atom is 0.274 e. The van der Waals surface area contributed by atoms with Crippen LogP contribution in [-0.2, 0) is 6.54 Å².